The largest absolute Gasteiger partial charge is 0.491 e. The molecule has 1 amide bonds. The first kappa shape index (κ1) is 15.8. The lowest BCUT2D eigenvalue weighted by atomic mass is 10.1. The first-order valence-corrected chi connectivity index (χ1v) is 7.50. The number of likely N-dealkylation sites (N-methyl/N-ethyl adjacent to an activating group) is 1. The minimum Gasteiger partial charge on any atom is -0.491 e. The van der Waals surface area contributed by atoms with Gasteiger partial charge in [0.05, 0.1) is 6.61 Å². The van der Waals surface area contributed by atoms with Crippen molar-refractivity contribution in [2.24, 2.45) is 0 Å². The third-order valence-electron chi connectivity index (χ3n) is 3.63. The van der Waals surface area contributed by atoms with Crippen molar-refractivity contribution < 1.29 is 13.9 Å². The molecular formula is C16H23FN2O2. The Labute approximate surface area is 125 Å². The number of nitrogens with one attached hydrogen (secondary N) is 1. The molecule has 1 N–H and O–H groups in total. The van der Waals surface area contributed by atoms with Gasteiger partial charge in [0.25, 0.3) is 0 Å². The number of hydrogen-bond donors (Lipinski definition) is 1. The Kier molecular flexibility index (Phi) is 5.99. The highest BCUT2D eigenvalue weighted by molar-refractivity contribution is 5.76. The van der Waals surface area contributed by atoms with E-state index in [1.54, 1.807) is 18.2 Å². The number of para-hydroxylation sites is 1. The van der Waals surface area contributed by atoms with Crippen LogP contribution in [0.3, 0.4) is 0 Å². The van der Waals surface area contributed by atoms with E-state index in [0.29, 0.717) is 19.4 Å². The monoisotopic (exact) mass is 294 g/mol. The van der Waals surface area contributed by atoms with Crippen LogP contribution in [0.15, 0.2) is 24.3 Å². The summed E-state index contributed by atoms with van der Waals surface area (Å²) in [6.45, 7) is 2.36. The molecule has 1 aliphatic rings. The van der Waals surface area contributed by atoms with Crippen LogP contribution in [-0.2, 0) is 4.79 Å². The molecule has 0 radical (unpaired) electrons. The number of halogens is 1. The van der Waals surface area contributed by atoms with Crippen LogP contribution in [-0.4, -0.2) is 43.6 Å². The zero-order valence-corrected chi connectivity index (χ0v) is 12.5. The van der Waals surface area contributed by atoms with Crippen molar-refractivity contribution in [2.75, 3.05) is 26.7 Å². The van der Waals surface area contributed by atoms with E-state index in [0.717, 1.165) is 25.9 Å². The lowest BCUT2D eigenvalue weighted by molar-refractivity contribution is -0.122. The summed E-state index contributed by atoms with van der Waals surface area (Å²) in [5.74, 6) is -0.0774. The van der Waals surface area contributed by atoms with E-state index in [1.165, 1.54) is 6.07 Å². The van der Waals surface area contributed by atoms with Crippen LogP contribution < -0.4 is 10.1 Å². The van der Waals surface area contributed by atoms with Crippen LogP contribution in [0, 0.1) is 5.82 Å². The van der Waals surface area contributed by atoms with E-state index < -0.39 is 0 Å². The zero-order chi connectivity index (χ0) is 15.1. The van der Waals surface area contributed by atoms with Crippen LogP contribution in [0.25, 0.3) is 0 Å². The Hall–Kier alpha value is -1.62. The molecule has 21 heavy (non-hydrogen) atoms. The van der Waals surface area contributed by atoms with Gasteiger partial charge in [-0.2, -0.15) is 0 Å². The van der Waals surface area contributed by atoms with Gasteiger partial charge in [-0.25, -0.2) is 4.39 Å². The van der Waals surface area contributed by atoms with Gasteiger partial charge in [0, 0.05) is 19.0 Å². The lowest BCUT2D eigenvalue weighted by Gasteiger charge is -2.30. The van der Waals surface area contributed by atoms with Gasteiger partial charge >= 0.3 is 0 Å². The van der Waals surface area contributed by atoms with Gasteiger partial charge in [-0.3, -0.25) is 4.79 Å². The standard InChI is InChI=1S/C16H23FN2O2/c1-19-10-4-6-13(12-19)18-16(20)9-5-11-21-15-8-3-2-7-14(15)17/h2-3,7-8,13H,4-6,9-12H2,1H3,(H,18,20)/t13-/m0/s1. The minimum absolute atomic E-state index is 0.0485. The highest BCUT2D eigenvalue weighted by atomic mass is 19.1. The maximum Gasteiger partial charge on any atom is 0.220 e. The van der Waals surface area contributed by atoms with E-state index in [4.69, 9.17) is 4.74 Å². The molecule has 0 saturated carbocycles. The fourth-order valence-corrected chi connectivity index (χ4v) is 2.56. The van der Waals surface area contributed by atoms with Gasteiger partial charge in [-0.05, 0) is 45.0 Å². The normalized spacial score (nSPS) is 19.2. The number of hydrogen-bond acceptors (Lipinski definition) is 3. The lowest BCUT2D eigenvalue weighted by Crippen LogP contribution is -2.46. The second kappa shape index (κ2) is 7.98. The summed E-state index contributed by atoms with van der Waals surface area (Å²) < 4.78 is 18.6. The summed E-state index contributed by atoms with van der Waals surface area (Å²) in [4.78, 5) is 14.1. The van der Waals surface area contributed by atoms with Crippen LogP contribution in [0.5, 0.6) is 5.75 Å². The molecule has 0 bridgehead atoms. The topological polar surface area (TPSA) is 41.6 Å². The van der Waals surface area contributed by atoms with Crippen molar-refractivity contribution in [2.45, 2.75) is 31.7 Å². The molecule has 1 aliphatic heterocycles. The number of benzene rings is 1. The molecular weight excluding hydrogens is 271 g/mol. The second-order valence-electron chi connectivity index (χ2n) is 5.55. The van der Waals surface area contributed by atoms with Gasteiger partial charge in [0.1, 0.15) is 0 Å². The van der Waals surface area contributed by atoms with E-state index in [1.807, 2.05) is 0 Å². The number of piperidine rings is 1. The second-order valence-corrected chi connectivity index (χ2v) is 5.55. The summed E-state index contributed by atoms with van der Waals surface area (Å²) in [6, 6.07) is 6.56. The Morgan fingerprint density at radius 3 is 3.05 bits per heavy atom. The molecule has 1 atom stereocenters. The fraction of sp³-hybridized carbons (Fsp3) is 0.562. The quantitative estimate of drug-likeness (QED) is 0.818. The van der Waals surface area contributed by atoms with Crippen molar-refractivity contribution in [3.63, 3.8) is 0 Å². The molecule has 1 aromatic rings. The van der Waals surface area contributed by atoms with Gasteiger partial charge < -0.3 is 15.0 Å². The number of carbonyl (C=O) groups excluding carboxylic acids is 1. The molecule has 4 nitrogen and oxygen atoms in total. The molecule has 1 fully saturated rings. The average Bonchev–Trinajstić information content (AvgIpc) is 2.45. The first-order valence-electron chi connectivity index (χ1n) is 7.50. The Morgan fingerprint density at radius 1 is 1.48 bits per heavy atom. The number of carbonyl (C=O) groups is 1. The molecule has 0 spiro atoms. The van der Waals surface area contributed by atoms with Crippen molar-refractivity contribution in [3.05, 3.63) is 30.1 Å². The SMILES string of the molecule is CN1CCC[C@H](NC(=O)CCCOc2ccccc2F)C1. The number of ether oxygens (including phenoxy) is 1. The third kappa shape index (κ3) is 5.34. The molecule has 0 aliphatic carbocycles. The highest BCUT2D eigenvalue weighted by Crippen LogP contribution is 2.15. The molecule has 1 saturated heterocycles. The Morgan fingerprint density at radius 2 is 2.29 bits per heavy atom. The average molecular weight is 294 g/mol. The van der Waals surface area contributed by atoms with Crippen LogP contribution in [0.2, 0.25) is 0 Å². The summed E-state index contributed by atoms with van der Waals surface area (Å²) in [6.07, 6.45) is 3.16. The van der Waals surface area contributed by atoms with Gasteiger partial charge in [-0.1, -0.05) is 12.1 Å². The zero-order valence-electron chi connectivity index (χ0n) is 12.5. The van der Waals surface area contributed by atoms with Crippen LogP contribution >= 0.6 is 0 Å². The molecule has 5 heteroatoms. The van der Waals surface area contributed by atoms with Crippen molar-refractivity contribution >= 4 is 5.91 Å². The smallest absolute Gasteiger partial charge is 0.220 e. The third-order valence-corrected chi connectivity index (χ3v) is 3.63. The van der Waals surface area contributed by atoms with E-state index in [-0.39, 0.29) is 23.5 Å². The maximum atomic E-state index is 13.3. The van der Waals surface area contributed by atoms with Crippen LogP contribution in [0.4, 0.5) is 4.39 Å². The van der Waals surface area contributed by atoms with Gasteiger partial charge in [-0.15, -0.1) is 0 Å². The van der Waals surface area contributed by atoms with E-state index >= 15 is 0 Å². The summed E-state index contributed by atoms with van der Waals surface area (Å²) in [7, 11) is 2.07. The van der Waals surface area contributed by atoms with Crippen molar-refractivity contribution in [1.82, 2.24) is 10.2 Å². The Balaban J connectivity index is 1.62. The summed E-state index contributed by atoms with van der Waals surface area (Å²) in [5, 5.41) is 3.05. The first-order chi connectivity index (χ1) is 10.1. The van der Waals surface area contributed by atoms with Gasteiger partial charge in [0.15, 0.2) is 11.6 Å². The van der Waals surface area contributed by atoms with E-state index in [9.17, 15) is 9.18 Å². The number of amides is 1. The number of likely N-dealkylation sites (tertiary alicyclic amines) is 1. The van der Waals surface area contributed by atoms with Crippen LogP contribution in [0.1, 0.15) is 25.7 Å². The maximum absolute atomic E-state index is 13.3. The molecule has 0 aromatic heterocycles. The van der Waals surface area contributed by atoms with E-state index in [2.05, 4.69) is 17.3 Å². The summed E-state index contributed by atoms with van der Waals surface area (Å²) in [5.41, 5.74) is 0. The van der Waals surface area contributed by atoms with Crippen molar-refractivity contribution in [1.29, 1.82) is 0 Å². The highest BCUT2D eigenvalue weighted by Gasteiger charge is 2.18. The summed E-state index contributed by atoms with van der Waals surface area (Å²) >= 11 is 0. The van der Waals surface area contributed by atoms with Crippen molar-refractivity contribution in [3.8, 4) is 5.75 Å². The molecule has 1 heterocycles. The molecule has 0 unspecified atom stereocenters. The molecule has 116 valence electrons. The predicted molar refractivity (Wildman–Crippen MR) is 79.8 cm³/mol. The minimum atomic E-state index is -0.368. The number of nitrogens with zero attached hydrogens (tertiary/aromatic N) is 1. The molecule has 2 rings (SSSR count). The predicted octanol–water partition coefficient (Wildman–Crippen LogP) is 2.20. The Bertz CT molecular complexity index is 467. The number of rotatable bonds is 6. The molecule has 1 aromatic carbocycles. The fourth-order valence-electron chi connectivity index (χ4n) is 2.56. The van der Waals surface area contributed by atoms with Gasteiger partial charge in [0.2, 0.25) is 5.91 Å².